The molecule has 0 atom stereocenters. The summed E-state index contributed by atoms with van der Waals surface area (Å²) in [6.07, 6.45) is 8.27. The van der Waals surface area contributed by atoms with Crippen LogP contribution in [0.25, 0.3) is 35.1 Å². The Hall–Kier alpha value is -8.21. The fourth-order valence-corrected chi connectivity index (χ4v) is 7.40. The molecule has 0 bridgehead atoms. The SMILES string of the molecule is COc1ccc(N(c2ccc(/C=C/c3ccc4c(C#N)c(/C=C/c5ccc(N(c6ccc(OC)cc6)c6ccc(OC)cc6)cc5)ccc4c3)cc2)c2ccc(OC)cc2)cc1. The average molecular weight is 812 g/mol. The zero-order valence-corrected chi connectivity index (χ0v) is 35.0. The number of nitriles is 1. The second kappa shape index (κ2) is 18.8. The van der Waals surface area contributed by atoms with Gasteiger partial charge in [0, 0.05) is 39.5 Å². The largest absolute Gasteiger partial charge is 0.497 e. The van der Waals surface area contributed by atoms with Crippen molar-refractivity contribution in [2.24, 2.45) is 0 Å². The summed E-state index contributed by atoms with van der Waals surface area (Å²) in [5.41, 5.74) is 10.7. The minimum Gasteiger partial charge on any atom is -0.497 e. The van der Waals surface area contributed by atoms with Crippen LogP contribution < -0.4 is 28.7 Å². The van der Waals surface area contributed by atoms with Crippen molar-refractivity contribution in [3.8, 4) is 29.1 Å². The molecule has 0 N–H and O–H groups in total. The van der Waals surface area contributed by atoms with Gasteiger partial charge < -0.3 is 28.7 Å². The van der Waals surface area contributed by atoms with E-state index >= 15 is 0 Å². The lowest BCUT2D eigenvalue weighted by molar-refractivity contribution is 0.414. The van der Waals surface area contributed by atoms with E-state index < -0.39 is 0 Å². The van der Waals surface area contributed by atoms with Crippen LogP contribution in [-0.4, -0.2) is 28.4 Å². The monoisotopic (exact) mass is 811 g/mol. The molecule has 8 aromatic carbocycles. The van der Waals surface area contributed by atoms with E-state index in [2.05, 4.69) is 119 Å². The standard InChI is InChI=1S/C55H45N3O4/c1-59-50-28-20-46(21-29-50)57(47-22-30-51(60-2)31-23-47)44-16-8-39(9-17-44)5-6-41-12-36-54-43(37-41)15-14-42(55(54)38-56)13-7-40-10-18-45(19-11-40)58(48-24-32-52(61-3)33-25-48)49-26-34-53(62-4)35-27-49/h5-37H,1-4H3/b6-5+,13-7+. The van der Waals surface area contributed by atoms with Gasteiger partial charge in [0.1, 0.15) is 29.1 Å². The predicted molar refractivity (Wildman–Crippen MR) is 255 cm³/mol. The minimum absolute atomic E-state index is 0.643. The zero-order chi connectivity index (χ0) is 42.8. The summed E-state index contributed by atoms with van der Waals surface area (Å²) >= 11 is 0. The topological polar surface area (TPSA) is 67.2 Å². The number of fused-ring (bicyclic) bond motifs is 1. The molecule has 0 aliphatic heterocycles. The summed E-state index contributed by atoms with van der Waals surface area (Å²) in [6.45, 7) is 0. The summed E-state index contributed by atoms with van der Waals surface area (Å²) in [4.78, 5) is 4.39. The van der Waals surface area contributed by atoms with Crippen LogP contribution >= 0.6 is 0 Å². The van der Waals surface area contributed by atoms with Gasteiger partial charge in [-0.15, -0.1) is 0 Å². The Bertz CT molecular complexity index is 2770. The van der Waals surface area contributed by atoms with Crippen LogP contribution in [0.15, 0.2) is 176 Å². The lowest BCUT2D eigenvalue weighted by Crippen LogP contribution is -2.09. The second-order valence-electron chi connectivity index (χ2n) is 14.4. The smallest absolute Gasteiger partial charge is 0.119 e. The first-order chi connectivity index (χ1) is 30.5. The first kappa shape index (κ1) is 40.6. The Balaban J connectivity index is 0.991. The van der Waals surface area contributed by atoms with Gasteiger partial charge in [-0.1, -0.05) is 72.8 Å². The van der Waals surface area contributed by atoms with Gasteiger partial charge in [-0.2, -0.15) is 5.26 Å². The van der Waals surface area contributed by atoms with Crippen molar-refractivity contribution in [1.82, 2.24) is 0 Å². The maximum Gasteiger partial charge on any atom is 0.119 e. The molecule has 8 aromatic rings. The molecule has 304 valence electrons. The third-order valence-corrected chi connectivity index (χ3v) is 10.7. The van der Waals surface area contributed by atoms with Crippen molar-refractivity contribution in [3.63, 3.8) is 0 Å². The molecule has 0 aliphatic rings. The lowest BCUT2D eigenvalue weighted by Gasteiger charge is -2.26. The molecule has 0 spiro atoms. The number of hydrogen-bond acceptors (Lipinski definition) is 7. The van der Waals surface area contributed by atoms with Crippen molar-refractivity contribution >= 4 is 69.2 Å². The molecule has 0 fully saturated rings. The van der Waals surface area contributed by atoms with Gasteiger partial charge in [0.2, 0.25) is 0 Å². The van der Waals surface area contributed by atoms with E-state index in [0.29, 0.717) is 5.56 Å². The Morgan fingerprint density at radius 1 is 0.371 bits per heavy atom. The normalized spacial score (nSPS) is 11.1. The van der Waals surface area contributed by atoms with E-state index in [1.807, 2.05) is 97.1 Å². The average Bonchev–Trinajstić information content (AvgIpc) is 3.34. The van der Waals surface area contributed by atoms with Crippen LogP contribution in [0, 0.1) is 11.3 Å². The molecule has 7 heteroatoms. The summed E-state index contributed by atoms with van der Waals surface area (Å²) in [5.74, 6) is 3.20. The van der Waals surface area contributed by atoms with E-state index in [0.717, 1.165) is 90.1 Å². The van der Waals surface area contributed by atoms with Gasteiger partial charge in [-0.25, -0.2) is 0 Å². The van der Waals surface area contributed by atoms with Crippen LogP contribution in [0.4, 0.5) is 34.1 Å². The van der Waals surface area contributed by atoms with Gasteiger partial charge in [0.15, 0.2) is 0 Å². The maximum atomic E-state index is 10.3. The molecule has 7 nitrogen and oxygen atoms in total. The van der Waals surface area contributed by atoms with Crippen molar-refractivity contribution < 1.29 is 18.9 Å². The molecule has 0 aromatic heterocycles. The fourth-order valence-electron chi connectivity index (χ4n) is 7.40. The molecule has 0 heterocycles. The number of benzene rings is 8. The predicted octanol–water partition coefficient (Wildman–Crippen LogP) is 14.0. The summed E-state index contributed by atoms with van der Waals surface area (Å²) < 4.78 is 21.6. The minimum atomic E-state index is 0.643. The van der Waals surface area contributed by atoms with Crippen LogP contribution in [0.1, 0.15) is 27.8 Å². The molecular formula is C55H45N3O4. The first-order valence-corrected chi connectivity index (χ1v) is 20.2. The van der Waals surface area contributed by atoms with E-state index in [1.165, 1.54) is 0 Å². The molecule has 0 unspecified atom stereocenters. The summed E-state index contributed by atoms with van der Waals surface area (Å²) in [7, 11) is 6.68. The highest BCUT2D eigenvalue weighted by Crippen LogP contribution is 2.38. The third kappa shape index (κ3) is 9.01. The van der Waals surface area contributed by atoms with E-state index in [9.17, 15) is 5.26 Å². The van der Waals surface area contributed by atoms with Gasteiger partial charge in [-0.3, -0.25) is 0 Å². The summed E-state index contributed by atoms with van der Waals surface area (Å²) in [5, 5.41) is 12.3. The summed E-state index contributed by atoms with van der Waals surface area (Å²) in [6, 6.07) is 61.7. The van der Waals surface area contributed by atoms with Crippen molar-refractivity contribution in [2.75, 3.05) is 38.2 Å². The molecule has 0 aliphatic carbocycles. The van der Waals surface area contributed by atoms with Gasteiger partial charge in [0.05, 0.1) is 34.0 Å². The number of nitrogens with zero attached hydrogens (tertiary/aromatic N) is 3. The van der Waals surface area contributed by atoms with E-state index in [1.54, 1.807) is 28.4 Å². The van der Waals surface area contributed by atoms with Gasteiger partial charge >= 0.3 is 0 Å². The molecule has 0 saturated heterocycles. The lowest BCUT2D eigenvalue weighted by atomic mass is 9.97. The third-order valence-electron chi connectivity index (χ3n) is 10.7. The van der Waals surface area contributed by atoms with Crippen molar-refractivity contribution in [3.05, 3.63) is 204 Å². The van der Waals surface area contributed by atoms with E-state index in [4.69, 9.17) is 18.9 Å². The number of rotatable bonds is 14. The van der Waals surface area contributed by atoms with Gasteiger partial charge in [0.25, 0.3) is 0 Å². The Kier molecular flexibility index (Phi) is 12.3. The highest BCUT2D eigenvalue weighted by atomic mass is 16.5. The highest BCUT2D eigenvalue weighted by molar-refractivity contribution is 5.94. The quantitative estimate of drug-likeness (QED) is 0.101. The Morgan fingerprint density at radius 3 is 1.05 bits per heavy atom. The fraction of sp³-hybridized carbons (Fsp3) is 0.0727. The molecule has 0 radical (unpaired) electrons. The highest BCUT2D eigenvalue weighted by Gasteiger charge is 2.15. The molecular weight excluding hydrogens is 767 g/mol. The first-order valence-electron chi connectivity index (χ1n) is 20.2. The number of methoxy groups -OCH3 is 4. The number of anilines is 6. The number of hydrogen-bond donors (Lipinski definition) is 0. The Labute approximate surface area is 363 Å². The zero-order valence-electron chi connectivity index (χ0n) is 35.0. The number of ether oxygens (including phenoxy) is 4. The Morgan fingerprint density at radius 2 is 0.694 bits per heavy atom. The van der Waals surface area contributed by atoms with Crippen LogP contribution in [0.3, 0.4) is 0 Å². The second-order valence-corrected chi connectivity index (χ2v) is 14.4. The van der Waals surface area contributed by atoms with Crippen molar-refractivity contribution in [1.29, 1.82) is 5.26 Å². The van der Waals surface area contributed by atoms with Gasteiger partial charge in [-0.05, 0) is 155 Å². The van der Waals surface area contributed by atoms with Crippen LogP contribution in [0.2, 0.25) is 0 Å². The molecule has 62 heavy (non-hydrogen) atoms. The van der Waals surface area contributed by atoms with E-state index in [-0.39, 0.29) is 0 Å². The van der Waals surface area contributed by atoms with Crippen molar-refractivity contribution in [2.45, 2.75) is 0 Å². The maximum absolute atomic E-state index is 10.3. The molecule has 0 saturated carbocycles. The van der Waals surface area contributed by atoms with Crippen LogP contribution in [-0.2, 0) is 0 Å². The molecule has 0 amide bonds. The molecule has 8 rings (SSSR count). The van der Waals surface area contributed by atoms with Crippen LogP contribution in [0.5, 0.6) is 23.0 Å².